The predicted octanol–water partition coefficient (Wildman–Crippen LogP) is 0.546. The average molecular weight is 272 g/mol. The summed E-state index contributed by atoms with van der Waals surface area (Å²) in [6.07, 6.45) is 3.27. The van der Waals surface area contributed by atoms with Gasteiger partial charge in [-0.25, -0.2) is 4.79 Å². The zero-order valence-electron chi connectivity index (χ0n) is 10.4. The Hall–Kier alpha value is -2.15. The van der Waals surface area contributed by atoms with E-state index in [2.05, 4.69) is 4.74 Å². The molecule has 7 heteroatoms. The monoisotopic (exact) mass is 272 g/mol. The van der Waals surface area contributed by atoms with Crippen LogP contribution in [0.1, 0.15) is 19.8 Å². The van der Waals surface area contributed by atoms with Gasteiger partial charge in [0.25, 0.3) is 0 Å². The highest BCUT2D eigenvalue weighted by molar-refractivity contribution is 5.82. The summed E-state index contributed by atoms with van der Waals surface area (Å²) in [5.74, 6) is -3.60. The summed E-state index contributed by atoms with van der Waals surface area (Å²) in [6, 6.07) is 0. The summed E-state index contributed by atoms with van der Waals surface area (Å²) in [5, 5.41) is 25.9. The molecule has 0 rings (SSSR count). The highest BCUT2D eigenvalue weighted by Crippen LogP contribution is 2.02. The second kappa shape index (κ2) is 8.87. The number of aliphatic hydroxyl groups excluding tert-OH is 1. The molecule has 0 spiro atoms. The molecule has 0 aromatic heterocycles. The molecule has 7 nitrogen and oxygen atoms in total. The Morgan fingerprint density at radius 2 is 1.84 bits per heavy atom. The van der Waals surface area contributed by atoms with E-state index in [1.807, 2.05) is 0 Å². The lowest BCUT2D eigenvalue weighted by Crippen LogP contribution is -2.19. The number of ether oxygens (including phenoxy) is 1. The largest absolute Gasteiger partial charge is 0.481 e. The molecule has 0 aromatic rings. The number of hydrogen-bond acceptors (Lipinski definition) is 5. The Bertz CT molecular complexity index is 384. The highest BCUT2D eigenvalue weighted by atomic mass is 16.6. The van der Waals surface area contributed by atoms with Gasteiger partial charge in [-0.2, -0.15) is 0 Å². The molecule has 0 saturated carbocycles. The van der Waals surface area contributed by atoms with Crippen molar-refractivity contribution in [3.63, 3.8) is 0 Å². The van der Waals surface area contributed by atoms with Gasteiger partial charge in [-0.15, -0.1) is 0 Å². The maximum absolute atomic E-state index is 11.1. The first-order chi connectivity index (χ1) is 8.82. The molecule has 2 unspecified atom stereocenters. The highest BCUT2D eigenvalue weighted by Gasteiger charge is 2.12. The molecule has 3 N–H and O–H groups in total. The Balaban J connectivity index is 3.99. The van der Waals surface area contributed by atoms with Crippen LogP contribution in [-0.4, -0.2) is 39.5 Å². The molecule has 0 fully saturated rings. The molecule has 0 aliphatic heterocycles. The predicted molar refractivity (Wildman–Crippen MR) is 64.0 cm³/mol. The number of aliphatic carboxylic acids is 2. The molecular formula is C12H16O7. The van der Waals surface area contributed by atoms with Crippen LogP contribution in [0.15, 0.2) is 24.3 Å². The van der Waals surface area contributed by atoms with Crippen LogP contribution in [0.3, 0.4) is 0 Å². The van der Waals surface area contributed by atoms with Gasteiger partial charge in [-0.1, -0.05) is 25.2 Å². The number of carboxylic acid groups (broad SMARTS) is 2. The Labute approximate surface area is 109 Å². The van der Waals surface area contributed by atoms with Crippen LogP contribution >= 0.6 is 0 Å². The van der Waals surface area contributed by atoms with Crippen molar-refractivity contribution in [3.05, 3.63) is 24.3 Å². The normalized spacial score (nSPS) is 14.4. The first-order valence-electron chi connectivity index (χ1n) is 5.49. The Morgan fingerprint density at radius 1 is 1.21 bits per heavy atom. The summed E-state index contributed by atoms with van der Waals surface area (Å²) >= 11 is 0. The van der Waals surface area contributed by atoms with E-state index in [4.69, 9.17) is 15.3 Å². The molecular weight excluding hydrogens is 256 g/mol. The van der Waals surface area contributed by atoms with Crippen LogP contribution in [0.2, 0.25) is 0 Å². The zero-order valence-corrected chi connectivity index (χ0v) is 10.4. The molecule has 0 bridgehead atoms. The van der Waals surface area contributed by atoms with E-state index in [0.29, 0.717) is 6.42 Å². The minimum Gasteiger partial charge on any atom is -0.481 e. The molecule has 106 valence electrons. The van der Waals surface area contributed by atoms with Crippen molar-refractivity contribution < 1.29 is 34.4 Å². The van der Waals surface area contributed by atoms with Gasteiger partial charge < -0.3 is 20.1 Å². The van der Waals surface area contributed by atoms with E-state index >= 15 is 0 Å². The number of esters is 1. The molecule has 0 radical (unpaired) electrons. The van der Waals surface area contributed by atoms with E-state index in [-0.39, 0.29) is 0 Å². The minimum absolute atomic E-state index is 0.316. The Morgan fingerprint density at radius 3 is 2.37 bits per heavy atom. The van der Waals surface area contributed by atoms with E-state index < -0.39 is 36.5 Å². The van der Waals surface area contributed by atoms with Crippen LogP contribution in [0.4, 0.5) is 0 Å². The molecule has 0 amide bonds. The number of hydrogen-bond donors (Lipinski definition) is 3. The SMILES string of the molecule is CC(C/C=C/C=C/C(=O)OC(O)CC(=O)O)C(=O)O. The van der Waals surface area contributed by atoms with Crippen molar-refractivity contribution in [1.82, 2.24) is 0 Å². The third-order valence-corrected chi connectivity index (χ3v) is 1.99. The van der Waals surface area contributed by atoms with Gasteiger partial charge in [0.1, 0.15) is 6.42 Å². The van der Waals surface area contributed by atoms with Crippen molar-refractivity contribution >= 4 is 17.9 Å². The van der Waals surface area contributed by atoms with E-state index in [1.165, 1.54) is 12.2 Å². The van der Waals surface area contributed by atoms with E-state index in [9.17, 15) is 14.4 Å². The van der Waals surface area contributed by atoms with E-state index in [1.54, 1.807) is 13.0 Å². The fraction of sp³-hybridized carbons (Fsp3) is 0.417. The second-order valence-electron chi connectivity index (χ2n) is 3.75. The molecule has 0 aromatic carbocycles. The van der Waals surface area contributed by atoms with Crippen LogP contribution in [0.25, 0.3) is 0 Å². The van der Waals surface area contributed by atoms with Crippen molar-refractivity contribution in [3.8, 4) is 0 Å². The second-order valence-corrected chi connectivity index (χ2v) is 3.75. The quantitative estimate of drug-likeness (QED) is 0.255. The zero-order chi connectivity index (χ0) is 14.8. The molecule has 2 atom stereocenters. The summed E-state index contributed by atoms with van der Waals surface area (Å²) in [5.41, 5.74) is 0. The fourth-order valence-corrected chi connectivity index (χ4v) is 0.961. The van der Waals surface area contributed by atoms with Gasteiger partial charge in [-0.05, 0) is 6.42 Å². The number of aliphatic hydroxyl groups is 1. The van der Waals surface area contributed by atoms with Gasteiger partial charge in [0.05, 0.1) is 5.92 Å². The smallest absolute Gasteiger partial charge is 0.333 e. The lowest BCUT2D eigenvalue weighted by atomic mass is 10.1. The van der Waals surface area contributed by atoms with Gasteiger partial charge in [0.2, 0.25) is 6.29 Å². The molecule has 19 heavy (non-hydrogen) atoms. The number of allylic oxidation sites excluding steroid dienone is 3. The average Bonchev–Trinajstić information content (AvgIpc) is 2.26. The fourth-order valence-electron chi connectivity index (χ4n) is 0.961. The number of rotatable bonds is 8. The van der Waals surface area contributed by atoms with Crippen molar-refractivity contribution in [2.75, 3.05) is 0 Å². The van der Waals surface area contributed by atoms with Gasteiger partial charge in [-0.3, -0.25) is 9.59 Å². The lowest BCUT2D eigenvalue weighted by Gasteiger charge is -2.06. The van der Waals surface area contributed by atoms with Crippen LogP contribution in [-0.2, 0) is 19.1 Å². The van der Waals surface area contributed by atoms with Crippen LogP contribution in [0, 0.1) is 5.92 Å². The topological polar surface area (TPSA) is 121 Å². The van der Waals surface area contributed by atoms with Crippen molar-refractivity contribution in [2.24, 2.45) is 5.92 Å². The molecule has 0 saturated heterocycles. The number of carbonyl (C=O) groups is 3. The summed E-state index contributed by atoms with van der Waals surface area (Å²) in [6.45, 7) is 1.55. The molecule has 0 aliphatic rings. The standard InChI is InChI=1S/C12H16O7/c1-8(12(17)18)5-3-2-4-6-10(15)19-11(16)7-9(13)14/h2-4,6,8,11,16H,5,7H2,1H3,(H,13,14)(H,17,18)/b3-2+,6-4+. The van der Waals surface area contributed by atoms with Gasteiger partial charge in [0, 0.05) is 6.08 Å². The Kier molecular flexibility index (Phi) is 7.87. The lowest BCUT2D eigenvalue weighted by molar-refractivity contribution is -0.167. The van der Waals surface area contributed by atoms with Crippen molar-refractivity contribution in [1.29, 1.82) is 0 Å². The summed E-state index contributed by atoms with van der Waals surface area (Å²) in [7, 11) is 0. The van der Waals surface area contributed by atoms with Gasteiger partial charge >= 0.3 is 17.9 Å². The molecule has 0 heterocycles. The van der Waals surface area contributed by atoms with Crippen molar-refractivity contribution in [2.45, 2.75) is 26.1 Å². The van der Waals surface area contributed by atoms with Gasteiger partial charge in [0.15, 0.2) is 0 Å². The summed E-state index contributed by atoms with van der Waals surface area (Å²) in [4.78, 5) is 31.7. The van der Waals surface area contributed by atoms with Crippen LogP contribution in [0.5, 0.6) is 0 Å². The summed E-state index contributed by atoms with van der Waals surface area (Å²) < 4.78 is 4.35. The third kappa shape index (κ3) is 9.54. The third-order valence-electron chi connectivity index (χ3n) is 1.99. The first-order valence-corrected chi connectivity index (χ1v) is 5.49. The first kappa shape index (κ1) is 16.9. The van der Waals surface area contributed by atoms with Crippen LogP contribution < -0.4 is 0 Å². The van der Waals surface area contributed by atoms with E-state index in [0.717, 1.165) is 6.08 Å². The minimum atomic E-state index is -1.69. The number of carboxylic acids is 2. The maximum atomic E-state index is 11.1. The molecule has 0 aliphatic carbocycles. The number of carbonyl (C=O) groups excluding carboxylic acids is 1. The maximum Gasteiger partial charge on any atom is 0.333 e.